The first-order valence-electron chi connectivity index (χ1n) is 11.5. The summed E-state index contributed by atoms with van der Waals surface area (Å²) in [7, 11) is 1.73. The lowest BCUT2D eigenvalue weighted by Crippen LogP contribution is -2.55. The number of likely N-dealkylation sites (tertiary alicyclic amines) is 2. The van der Waals surface area contributed by atoms with Gasteiger partial charge in [0.25, 0.3) is 5.91 Å². The van der Waals surface area contributed by atoms with Gasteiger partial charge in [-0.2, -0.15) is 0 Å². The highest BCUT2D eigenvalue weighted by Crippen LogP contribution is 2.35. The van der Waals surface area contributed by atoms with E-state index in [-0.39, 0.29) is 43.3 Å². The monoisotopic (exact) mass is 553 g/mol. The lowest BCUT2D eigenvalue weighted by atomic mass is 9.84. The molecule has 2 saturated heterocycles. The second-order valence-corrected chi connectivity index (χ2v) is 10.4. The van der Waals surface area contributed by atoms with Crippen LogP contribution in [-0.4, -0.2) is 87.7 Å². The number of amides is 3. The summed E-state index contributed by atoms with van der Waals surface area (Å²) in [5, 5.41) is 20.8. The summed E-state index contributed by atoms with van der Waals surface area (Å²) < 4.78 is 0. The van der Waals surface area contributed by atoms with Crippen molar-refractivity contribution in [2.45, 2.75) is 36.9 Å². The van der Waals surface area contributed by atoms with E-state index in [1.165, 1.54) is 0 Å². The lowest BCUT2D eigenvalue weighted by Gasteiger charge is -2.44. The predicted octanol–water partition coefficient (Wildman–Crippen LogP) is 4.22. The zero-order valence-corrected chi connectivity index (χ0v) is 21.7. The van der Waals surface area contributed by atoms with Crippen molar-refractivity contribution in [1.29, 1.82) is 0 Å². The summed E-state index contributed by atoms with van der Waals surface area (Å²) in [6, 6.07) is 10.7. The van der Waals surface area contributed by atoms with Gasteiger partial charge in [-0.1, -0.05) is 40.9 Å². The number of carbonyl (C=O) groups excluding carboxylic acids is 2. The van der Waals surface area contributed by atoms with Crippen LogP contribution in [-0.2, 0) is 4.79 Å². The summed E-state index contributed by atoms with van der Waals surface area (Å²) in [6.07, 6.45) is -1.61. The van der Waals surface area contributed by atoms with E-state index in [0.29, 0.717) is 33.6 Å². The van der Waals surface area contributed by atoms with E-state index in [9.17, 15) is 24.6 Å². The third kappa shape index (κ3) is 5.42. The molecule has 2 heterocycles. The molecule has 192 valence electrons. The van der Waals surface area contributed by atoms with Gasteiger partial charge < -0.3 is 20.0 Å². The molecule has 0 unspecified atom stereocenters. The van der Waals surface area contributed by atoms with Crippen LogP contribution in [0, 0.1) is 0 Å². The Kier molecular flexibility index (Phi) is 7.99. The molecule has 2 aromatic carbocycles. The van der Waals surface area contributed by atoms with E-state index in [1.54, 1.807) is 53.2 Å². The van der Waals surface area contributed by atoms with Gasteiger partial charge in [0.05, 0.1) is 22.7 Å². The Morgan fingerprint density at radius 3 is 2.33 bits per heavy atom. The molecule has 2 aliphatic heterocycles. The van der Waals surface area contributed by atoms with Gasteiger partial charge in [-0.3, -0.25) is 14.5 Å². The van der Waals surface area contributed by atoms with Crippen LogP contribution in [0.1, 0.15) is 34.7 Å². The predicted molar refractivity (Wildman–Crippen MR) is 137 cm³/mol. The summed E-state index contributed by atoms with van der Waals surface area (Å²) in [5.41, 5.74) is 1.30. The van der Waals surface area contributed by atoms with Crippen LogP contribution < -0.4 is 0 Å². The molecule has 8 nitrogen and oxygen atoms in total. The Morgan fingerprint density at radius 2 is 1.69 bits per heavy atom. The SMILES string of the molecule is CN(C(=O)c1ccc(Cl)cc1)[C@@H]1CCN(C(=O)[C@H]2C[C@@H](O)CN2C(=O)O)C[C@H]1c1ccc(Cl)c(Cl)c1. The highest BCUT2D eigenvalue weighted by atomic mass is 35.5. The van der Waals surface area contributed by atoms with Crippen LogP contribution in [0.4, 0.5) is 4.79 Å². The molecule has 36 heavy (non-hydrogen) atoms. The van der Waals surface area contributed by atoms with Crippen molar-refractivity contribution in [2.24, 2.45) is 0 Å². The van der Waals surface area contributed by atoms with E-state index < -0.39 is 18.2 Å². The molecule has 4 rings (SSSR count). The number of piperidine rings is 1. The van der Waals surface area contributed by atoms with Crippen LogP contribution >= 0.6 is 34.8 Å². The summed E-state index contributed by atoms with van der Waals surface area (Å²) in [4.78, 5) is 42.6. The number of halogens is 3. The van der Waals surface area contributed by atoms with Crippen molar-refractivity contribution >= 4 is 52.7 Å². The van der Waals surface area contributed by atoms with E-state index in [2.05, 4.69) is 0 Å². The highest BCUT2D eigenvalue weighted by molar-refractivity contribution is 6.42. The maximum absolute atomic E-state index is 13.4. The average Bonchev–Trinajstić information content (AvgIpc) is 3.26. The van der Waals surface area contributed by atoms with Crippen LogP contribution in [0.25, 0.3) is 0 Å². The molecule has 2 aromatic rings. The van der Waals surface area contributed by atoms with Gasteiger partial charge in [0.15, 0.2) is 0 Å². The minimum atomic E-state index is -1.24. The van der Waals surface area contributed by atoms with Crippen LogP contribution in [0.2, 0.25) is 15.1 Å². The number of β-amino-alcohol motifs (C(OH)–C–C–N with tert-alkyl or cyclic N) is 1. The number of carbonyl (C=O) groups is 3. The summed E-state index contributed by atoms with van der Waals surface area (Å²) in [6.45, 7) is 0.482. The largest absolute Gasteiger partial charge is 0.465 e. The van der Waals surface area contributed by atoms with E-state index in [1.807, 2.05) is 6.07 Å². The number of carboxylic acid groups (broad SMARTS) is 1. The van der Waals surface area contributed by atoms with E-state index in [0.717, 1.165) is 10.5 Å². The van der Waals surface area contributed by atoms with Crippen LogP contribution in [0.5, 0.6) is 0 Å². The molecule has 0 spiro atoms. The third-order valence-electron chi connectivity index (χ3n) is 6.98. The first-order valence-corrected chi connectivity index (χ1v) is 12.6. The standard InChI is InChI=1S/C25H26Cl3N3O5/c1-29(23(33)14-2-5-16(26)6-3-14)21-8-9-30(13-18(21)15-4-7-19(27)20(28)10-15)24(34)22-11-17(32)12-31(22)25(35)36/h2-7,10,17-18,21-22,32H,8-9,11-13H2,1H3,(H,35,36)/t17-,18+,21-,22-/m1/s1. The van der Waals surface area contributed by atoms with Gasteiger partial charge in [0, 0.05) is 49.1 Å². The number of aliphatic hydroxyl groups excluding tert-OH is 1. The first kappa shape index (κ1) is 26.5. The molecule has 0 bridgehead atoms. The lowest BCUT2D eigenvalue weighted by molar-refractivity contribution is -0.137. The third-order valence-corrected chi connectivity index (χ3v) is 7.97. The quantitative estimate of drug-likeness (QED) is 0.589. The fourth-order valence-corrected chi connectivity index (χ4v) is 5.52. The van der Waals surface area contributed by atoms with E-state index in [4.69, 9.17) is 34.8 Å². The number of hydrogen-bond donors (Lipinski definition) is 2. The molecule has 3 amide bonds. The van der Waals surface area contributed by atoms with Gasteiger partial charge in [0.2, 0.25) is 5.91 Å². The fraction of sp³-hybridized carbons (Fsp3) is 0.400. The Balaban J connectivity index is 1.61. The number of likely N-dealkylation sites (N-methyl/N-ethyl adjacent to an activating group) is 1. The Hall–Kier alpha value is -2.52. The number of nitrogens with zero attached hydrogens (tertiary/aromatic N) is 3. The molecular weight excluding hydrogens is 529 g/mol. The number of aliphatic hydroxyl groups is 1. The first-order chi connectivity index (χ1) is 17.1. The summed E-state index contributed by atoms with van der Waals surface area (Å²) >= 11 is 18.4. The molecule has 0 radical (unpaired) electrons. The smallest absolute Gasteiger partial charge is 0.408 e. The molecule has 0 aliphatic carbocycles. The molecule has 0 aromatic heterocycles. The zero-order valence-electron chi connectivity index (χ0n) is 19.5. The van der Waals surface area contributed by atoms with Gasteiger partial charge in [0.1, 0.15) is 6.04 Å². The van der Waals surface area contributed by atoms with Crippen molar-refractivity contribution in [1.82, 2.24) is 14.7 Å². The molecule has 0 saturated carbocycles. The average molecular weight is 555 g/mol. The maximum Gasteiger partial charge on any atom is 0.408 e. The van der Waals surface area contributed by atoms with Gasteiger partial charge in [-0.05, 0) is 48.4 Å². The molecule has 2 fully saturated rings. The second-order valence-electron chi connectivity index (χ2n) is 9.18. The van der Waals surface area contributed by atoms with Gasteiger partial charge >= 0.3 is 6.09 Å². The minimum absolute atomic E-state index is 0.0530. The molecule has 4 atom stereocenters. The normalized spacial score (nSPS) is 24.0. The number of benzene rings is 2. The van der Waals surface area contributed by atoms with Gasteiger partial charge in [-0.25, -0.2) is 4.79 Å². The number of rotatable bonds is 4. The zero-order chi connectivity index (χ0) is 26.1. The van der Waals surface area contributed by atoms with E-state index >= 15 is 0 Å². The Morgan fingerprint density at radius 1 is 1.00 bits per heavy atom. The maximum atomic E-state index is 13.4. The van der Waals surface area contributed by atoms with Gasteiger partial charge in [-0.15, -0.1) is 0 Å². The summed E-state index contributed by atoms with van der Waals surface area (Å²) in [5.74, 6) is -0.843. The molecular formula is C25H26Cl3N3O5. The fourth-order valence-electron chi connectivity index (χ4n) is 5.09. The van der Waals surface area contributed by atoms with Crippen molar-refractivity contribution < 1.29 is 24.6 Å². The Labute approximate surface area is 223 Å². The minimum Gasteiger partial charge on any atom is -0.465 e. The molecule has 2 N–H and O–H groups in total. The topological polar surface area (TPSA) is 101 Å². The molecule has 11 heteroatoms. The Bertz CT molecular complexity index is 1160. The van der Waals surface area contributed by atoms with Crippen molar-refractivity contribution in [3.63, 3.8) is 0 Å². The number of hydrogen-bond acceptors (Lipinski definition) is 4. The van der Waals surface area contributed by atoms with Crippen LogP contribution in [0.3, 0.4) is 0 Å². The molecule has 2 aliphatic rings. The van der Waals surface area contributed by atoms with Crippen LogP contribution in [0.15, 0.2) is 42.5 Å². The van der Waals surface area contributed by atoms with Crippen molar-refractivity contribution in [3.8, 4) is 0 Å². The van der Waals surface area contributed by atoms with Crippen molar-refractivity contribution in [3.05, 3.63) is 68.7 Å². The second kappa shape index (κ2) is 10.8. The highest BCUT2D eigenvalue weighted by Gasteiger charge is 2.44. The van der Waals surface area contributed by atoms with Crippen molar-refractivity contribution in [2.75, 3.05) is 26.7 Å².